The normalized spacial score (nSPS) is 27.1. The Balaban J connectivity index is 1.79. The van der Waals surface area contributed by atoms with Gasteiger partial charge < -0.3 is 5.32 Å². The van der Waals surface area contributed by atoms with Crippen molar-refractivity contribution >= 4 is 16.6 Å². The van der Waals surface area contributed by atoms with Crippen LogP contribution in [-0.2, 0) is 0 Å². The van der Waals surface area contributed by atoms with Crippen LogP contribution in [0.25, 0.3) is 10.9 Å². The molecule has 3 rings (SSSR count). The third-order valence-corrected chi connectivity index (χ3v) is 4.81. The Morgan fingerprint density at radius 2 is 2.15 bits per heavy atom. The molecule has 0 radical (unpaired) electrons. The second-order valence-electron chi connectivity index (χ2n) is 6.75. The molecule has 1 aromatic heterocycles. The first kappa shape index (κ1) is 13.5. The lowest BCUT2D eigenvalue weighted by molar-refractivity contribution is 0.212. The van der Waals surface area contributed by atoms with Crippen LogP contribution in [0.5, 0.6) is 0 Å². The number of rotatable bonds is 3. The van der Waals surface area contributed by atoms with Gasteiger partial charge >= 0.3 is 0 Å². The molecule has 1 aliphatic rings. The van der Waals surface area contributed by atoms with E-state index >= 15 is 0 Å². The van der Waals surface area contributed by atoms with Gasteiger partial charge in [-0.3, -0.25) is 5.10 Å². The number of hydrogen-bond acceptors (Lipinski definition) is 2. The molecular formula is C17H25N3. The highest BCUT2D eigenvalue weighted by molar-refractivity contribution is 5.81. The van der Waals surface area contributed by atoms with Gasteiger partial charge in [0, 0.05) is 17.1 Å². The van der Waals surface area contributed by atoms with Crippen LogP contribution in [0.2, 0.25) is 0 Å². The number of fused-ring (bicyclic) bond motifs is 1. The van der Waals surface area contributed by atoms with E-state index in [0.29, 0.717) is 6.04 Å². The molecule has 3 atom stereocenters. The van der Waals surface area contributed by atoms with Gasteiger partial charge in [0.1, 0.15) is 0 Å². The van der Waals surface area contributed by atoms with Crippen LogP contribution >= 0.6 is 0 Å². The van der Waals surface area contributed by atoms with Crippen molar-refractivity contribution in [1.29, 1.82) is 0 Å². The van der Waals surface area contributed by atoms with Crippen LogP contribution in [-0.4, -0.2) is 16.2 Å². The van der Waals surface area contributed by atoms with E-state index in [1.165, 1.54) is 30.3 Å². The minimum atomic E-state index is 0.600. The lowest BCUT2D eigenvalue weighted by atomic mass is 9.74. The van der Waals surface area contributed by atoms with Crippen molar-refractivity contribution < 1.29 is 0 Å². The van der Waals surface area contributed by atoms with Crippen LogP contribution in [0.4, 0.5) is 5.69 Å². The van der Waals surface area contributed by atoms with Crippen molar-refractivity contribution in [3.63, 3.8) is 0 Å². The lowest BCUT2D eigenvalue weighted by Gasteiger charge is -2.38. The van der Waals surface area contributed by atoms with Gasteiger partial charge in [0.25, 0.3) is 0 Å². The topological polar surface area (TPSA) is 40.7 Å². The Labute approximate surface area is 121 Å². The molecule has 0 aliphatic heterocycles. The van der Waals surface area contributed by atoms with E-state index in [1.54, 1.807) is 0 Å². The standard InChI is InChI=1S/C17H25N3/c1-11(2)15-6-4-12(3)8-17(15)19-14-5-7-16-13(9-14)10-18-20-16/h5,7,9-12,15,17,19H,4,6,8H2,1-3H3,(H,18,20). The number of aromatic nitrogens is 2. The number of anilines is 1. The maximum Gasteiger partial charge on any atom is 0.0651 e. The maximum absolute atomic E-state index is 4.09. The SMILES string of the molecule is CC1CCC(C(C)C)C(Nc2ccc3[nH]ncc3c2)C1. The molecule has 1 heterocycles. The first-order valence-corrected chi connectivity index (χ1v) is 7.83. The summed E-state index contributed by atoms with van der Waals surface area (Å²) in [5, 5.41) is 12.1. The highest BCUT2D eigenvalue weighted by Crippen LogP contribution is 2.35. The van der Waals surface area contributed by atoms with Crippen molar-refractivity contribution in [3.8, 4) is 0 Å². The summed E-state index contributed by atoms with van der Waals surface area (Å²) in [5.74, 6) is 2.36. The van der Waals surface area contributed by atoms with Gasteiger partial charge in [-0.2, -0.15) is 5.10 Å². The van der Waals surface area contributed by atoms with Gasteiger partial charge in [0.05, 0.1) is 11.7 Å². The van der Waals surface area contributed by atoms with Crippen molar-refractivity contribution in [3.05, 3.63) is 24.4 Å². The van der Waals surface area contributed by atoms with E-state index in [2.05, 4.69) is 54.5 Å². The van der Waals surface area contributed by atoms with E-state index in [0.717, 1.165) is 23.3 Å². The van der Waals surface area contributed by atoms with Gasteiger partial charge in [-0.15, -0.1) is 0 Å². The Morgan fingerprint density at radius 3 is 2.95 bits per heavy atom. The van der Waals surface area contributed by atoms with Crippen LogP contribution in [0, 0.1) is 17.8 Å². The predicted octanol–water partition coefficient (Wildman–Crippen LogP) is 4.44. The average molecular weight is 271 g/mol. The maximum atomic E-state index is 4.09. The zero-order chi connectivity index (χ0) is 14.1. The molecule has 2 N–H and O–H groups in total. The summed E-state index contributed by atoms with van der Waals surface area (Å²) in [4.78, 5) is 0. The number of H-pyrrole nitrogens is 1. The second kappa shape index (κ2) is 5.47. The summed E-state index contributed by atoms with van der Waals surface area (Å²) in [7, 11) is 0. The van der Waals surface area contributed by atoms with Crippen LogP contribution in [0.15, 0.2) is 24.4 Å². The highest BCUT2D eigenvalue weighted by atomic mass is 15.1. The summed E-state index contributed by atoms with van der Waals surface area (Å²) < 4.78 is 0. The van der Waals surface area contributed by atoms with Gasteiger partial charge in [-0.1, -0.05) is 27.2 Å². The minimum absolute atomic E-state index is 0.600. The smallest absolute Gasteiger partial charge is 0.0651 e. The van der Waals surface area contributed by atoms with E-state index in [1.807, 2.05) is 6.20 Å². The zero-order valence-corrected chi connectivity index (χ0v) is 12.7. The Bertz CT molecular complexity index is 572. The molecular weight excluding hydrogens is 246 g/mol. The van der Waals surface area contributed by atoms with E-state index in [9.17, 15) is 0 Å². The molecule has 0 bridgehead atoms. The molecule has 0 saturated heterocycles. The van der Waals surface area contributed by atoms with Gasteiger partial charge in [0.2, 0.25) is 0 Å². The molecule has 2 aromatic rings. The third kappa shape index (κ3) is 2.67. The summed E-state index contributed by atoms with van der Waals surface area (Å²) in [6, 6.07) is 7.08. The first-order valence-electron chi connectivity index (χ1n) is 7.83. The largest absolute Gasteiger partial charge is 0.382 e. The predicted molar refractivity (Wildman–Crippen MR) is 84.8 cm³/mol. The summed E-state index contributed by atoms with van der Waals surface area (Å²) in [6.07, 6.45) is 5.91. The lowest BCUT2D eigenvalue weighted by Crippen LogP contribution is -2.37. The Kier molecular flexibility index (Phi) is 3.68. The van der Waals surface area contributed by atoms with Crippen LogP contribution < -0.4 is 5.32 Å². The molecule has 1 aromatic carbocycles. The molecule has 1 aliphatic carbocycles. The molecule has 3 nitrogen and oxygen atoms in total. The molecule has 3 unspecified atom stereocenters. The zero-order valence-electron chi connectivity index (χ0n) is 12.7. The molecule has 108 valence electrons. The summed E-state index contributed by atoms with van der Waals surface area (Å²) >= 11 is 0. The Hall–Kier alpha value is -1.51. The van der Waals surface area contributed by atoms with E-state index in [-0.39, 0.29) is 0 Å². The minimum Gasteiger partial charge on any atom is -0.382 e. The number of aromatic amines is 1. The van der Waals surface area contributed by atoms with Gasteiger partial charge in [-0.25, -0.2) is 0 Å². The summed E-state index contributed by atoms with van der Waals surface area (Å²) in [6.45, 7) is 7.09. The quantitative estimate of drug-likeness (QED) is 0.866. The Morgan fingerprint density at radius 1 is 1.30 bits per heavy atom. The van der Waals surface area contributed by atoms with Crippen molar-refractivity contribution in [2.24, 2.45) is 17.8 Å². The molecule has 20 heavy (non-hydrogen) atoms. The number of benzene rings is 1. The average Bonchev–Trinajstić information content (AvgIpc) is 2.85. The van der Waals surface area contributed by atoms with Crippen molar-refractivity contribution in [2.75, 3.05) is 5.32 Å². The third-order valence-electron chi connectivity index (χ3n) is 4.81. The van der Waals surface area contributed by atoms with Crippen LogP contribution in [0.1, 0.15) is 40.0 Å². The second-order valence-corrected chi connectivity index (χ2v) is 6.75. The number of hydrogen-bond donors (Lipinski definition) is 2. The number of nitrogens with zero attached hydrogens (tertiary/aromatic N) is 1. The van der Waals surface area contributed by atoms with E-state index in [4.69, 9.17) is 0 Å². The molecule has 3 heteroatoms. The van der Waals surface area contributed by atoms with Crippen molar-refractivity contribution in [1.82, 2.24) is 10.2 Å². The summed E-state index contributed by atoms with van der Waals surface area (Å²) in [5.41, 5.74) is 2.33. The first-order chi connectivity index (χ1) is 9.63. The fourth-order valence-electron chi connectivity index (χ4n) is 3.61. The monoisotopic (exact) mass is 271 g/mol. The van der Waals surface area contributed by atoms with Crippen LogP contribution in [0.3, 0.4) is 0 Å². The van der Waals surface area contributed by atoms with Gasteiger partial charge in [-0.05, 0) is 48.8 Å². The molecule has 1 fully saturated rings. The number of nitrogens with one attached hydrogen (secondary N) is 2. The van der Waals surface area contributed by atoms with Crippen molar-refractivity contribution in [2.45, 2.75) is 46.1 Å². The molecule has 0 amide bonds. The fraction of sp³-hybridized carbons (Fsp3) is 0.588. The van der Waals surface area contributed by atoms with E-state index < -0.39 is 0 Å². The van der Waals surface area contributed by atoms with Gasteiger partial charge in [0.15, 0.2) is 0 Å². The highest BCUT2D eigenvalue weighted by Gasteiger charge is 2.30. The molecule has 1 saturated carbocycles. The fourth-order valence-corrected chi connectivity index (χ4v) is 3.61. The molecule has 0 spiro atoms.